The molecule has 0 spiro atoms. The molecule has 1 heterocycles. The zero-order valence-electron chi connectivity index (χ0n) is 10.9. The monoisotopic (exact) mass is 284 g/mol. The number of hydrogen-bond acceptors (Lipinski definition) is 3. The predicted octanol–water partition coefficient (Wildman–Crippen LogP) is 4.65. The van der Waals surface area contributed by atoms with Crippen molar-refractivity contribution in [3.63, 3.8) is 0 Å². The average molecular weight is 285 g/mol. The Kier molecular flexibility index (Phi) is 3.20. The van der Waals surface area contributed by atoms with Crippen molar-refractivity contribution in [2.75, 3.05) is 5.32 Å². The van der Waals surface area contributed by atoms with Crippen molar-refractivity contribution in [1.82, 2.24) is 4.98 Å². The first-order chi connectivity index (χ1) is 9.65. The number of fused-ring (bicyclic) bond motifs is 1. The van der Waals surface area contributed by atoms with Gasteiger partial charge in [-0.05, 0) is 37.3 Å². The molecule has 2 aromatic carbocycles. The number of phenolic OH excluding ortho intramolecular Hbond substituents is 1. The van der Waals surface area contributed by atoms with E-state index < -0.39 is 0 Å². The van der Waals surface area contributed by atoms with Crippen LogP contribution in [0.4, 0.5) is 11.4 Å². The summed E-state index contributed by atoms with van der Waals surface area (Å²) in [5.41, 5.74) is 3.29. The maximum Gasteiger partial charge on any atom is 0.116 e. The number of para-hydroxylation sites is 1. The van der Waals surface area contributed by atoms with Gasteiger partial charge in [0.05, 0.1) is 21.9 Å². The quantitative estimate of drug-likeness (QED) is 0.720. The Bertz CT molecular complexity index is 772. The van der Waals surface area contributed by atoms with E-state index in [1.54, 1.807) is 18.2 Å². The van der Waals surface area contributed by atoms with Gasteiger partial charge in [-0.15, -0.1) is 0 Å². The standard InChI is InChI=1S/C16H13ClN2O/c1-10-16(19-11-5-3-2-4-6-11)15(17)13-9-12(20)7-8-14(13)18-10/h2-9,19-20H,1H3. The van der Waals surface area contributed by atoms with Gasteiger partial charge in [0, 0.05) is 11.1 Å². The molecule has 0 saturated carbocycles. The van der Waals surface area contributed by atoms with Crippen molar-refractivity contribution in [3.8, 4) is 5.75 Å². The molecule has 0 radical (unpaired) electrons. The second-order valence-electron chi connectivity index (χ2n) is 4.58. The molecule has 0 aliphatic heterocycles. The number of aromatic nitrogens is 1. The summed E-state index contributed by atoms with van der Waals surface area (Å²) < 4.78 is 0. The van der Waals surface area contributed by atoms with Crippen molar-refractivity contribution in [3.05, 3.63) is 59.2 Å². The Morgan fingerprint density at radius 2 is 1.85 bits per heavy atom. The van der Waals surface area contributed by atoms with Crippen LogP contribution in [0.1, 0.15) is 5.69 Å². The van der Waals surface area contributed by atoms with E-state index in [9.17, 15) is 5.11 Å². The molecule has 0 unspecified atom stereocenters. The van der Waals surface area contributed by atoms with Gasteiger partial charge in [-0.3, -0.25) is 4.98 Å². The van der Waals surface area contributed by atoms with Gasteiger partial charge >= 0.3 is 0 Å². The van der Waals surface area contributed by atoms with E-state index in [0.29, 0.717) is 5.02 Å². The van der Waals surface area contributed by atoms with Crippen molar-refractivity contribution >= 4 is 33.9 Å². The molecule has 2 N–H and O–H groups in total. The fourth-order valence-electron chi connectivity index (χ4n) is 2.14. The first kappa shape index (κ1) is 12.8. The summed E-state index contributed by atoms with van der Waals surface area (Å²) in [6.07, 6.45) is 0. The third-order valence-corrected chi connectivity index (χ3v) is 3.52. The first-order valence-corrected chi connectivity index (χ1v) is 6.64. The number of nitrogens with zero attached hydrogens (tertiary/aromatic N) is 1. The molecule has 0 aliphatic carbocycles. The molecule has 0 amide bonds. The number of anilines is 2. The minimum absolute atomic E-state index is 0.177. The smallest absolute Gasteiger partial charge is 0.116 e. The van der Waals surface area contributed by atoms with Gasteiger partial charge in [0.15, 0.2) is 0 Å². The molecule has 20 heavy (non-hydrogen) atoms. The number of aryl methyl sites for hydroxylation is 1. The van der Waals surface area contributed by atoms with Crippen LogP contribution in [0.3, 0.4) is 0 Å². The predicted molar refractivity (Wildman–Crippen MR) is 82.9 cm³/mol. The Balaban J connectivity index is 2.15. The van der Waals surface area contributed by atoms with Gasteiger partial charge in [-0.1, -0.05) is 29.8 Å². The molecule has 0 fully saturated rings. The Hall–Kier alpha value is -2.26. The molecular formula is C16H13ClN2O. The van der Waals surface area contributed by atoms with Crippen molar-refractivity contribution in [2.45, 2.75) is 6.92 Å². The number of benzene rings is 2. The topological polar surface area (TPSA) is 45.2 Å². The van der Waals surface area contributed by atoms with E-state index in [2.05, 4.69) is 10.3 Å². The van der Waals surface area contributed by atoms with Crippen molar-refractivity contribution in [2.24, 2.45) is 0 Å². The van der Waals surface area contributed by atoms with E-state index in [-0.39, 0.29) is 5.75 Å². The number of halogens is 1. The van der Waals surface area contributed by atoms with E-state index in [1.165, 1.54) is 0 Å². The summed E-state index contributed by atoms with van der Waals surface area (Å²) >= 11 is 6.46. The highest BCUT2D eigenvalue weighted by molar-refractivity contribution is 6.38. The lowest BCUT2D eigenvalue weighted by atomic mass is 10.1. The van der Waals surface area contributed by atoms with Crippen LogP contribution in [-0.2, 0) is 0 Å². The molecule has 4 heteroatoms. The number of pyridine rings is 1. The minimum atomic E-state index is 0.177. The molecule has 1 aromatic heterocycles. The van der Waals surface area contributed by atoms with Gasteiger partial charge < -0.3 is 10.4 Å². The van der Waals surface area contributed by atoms with Crippen LogP contribution in [0.5, 0.6) is 5.75 Å². The summed E-state index contributed by atoms with van der Waals surface area (Å²) in [5, 5.41) is 14.2. The fourth-order valence-corrected chi connectivity index (χ4v) is 2.47. The number of aromatic hydroxyl groups is 1. The normalized spacial score (nSPS) is 10.7. The number of phenols is 1. The molecule has 0 atom stereocenters. The van der Waals surface area contributed by atoms with Crippen LogP contribution in [0.25, 0.3) is 10.9 Å². The summed E-state index contributed by atoms with van der Waals surface area (Å²) in [7, 11) is 0. The van der Waals surface area contributed by atoms with Gasteiger partial charge in [0.1, 0.15) is 5.75 Å². The second kappa shape index (κ2) is 5.02. The second-order valence-corrected chi connectivity index (χ2v) is 4.96. The zero-order chi connectivity index (χ0) is 14.1. The largest absolute Gasteiger partial charge is 0.508 e. The number of rotatable bonds is 2. The molecule has 3 rings (SSSR count). The van der Waals surface area contributed by atoms with Crippen LogP contribution >= 0.6 is 11.6 Å². The van der Waals surface area contributed by atoms with Gasteiger partial charge in [0.2, 0.25) is 0 Å². The van der Waals surface area contributed by atoms with Crippen LogP contribution in [0.15, 0.2) is 48.5 Å². The van der Waals surface area contributed by atoms with Crippen molar-refractivity contribution < 1.29 is 5.11 Å². The highest BCUT2D eigenvalue weighted by atomic mass is 35.5. The van der Waals surface area contributed by atoms with Crippen LogP contribution < -0.4 is 5.32 Å². The van der Waals surface area contributed by atoms with E-state index >= 15 is 0 Å². The van der Waals surface area contributed by atoms with Gasteiger partial charge in [0.25, 0.3) is 0 Å². The maximum atomic E-state index is 9.60. The first-order valence-electron chi connectivity index (χ1n) is 6.26. The van der Waals surface area contributed by atoms with Crippen molar-refractivity contribution in [1.29, 1.82) is 0 Å². The Labute approximate surface area is 121 Å². The summed E-state index contributed by atoms with van der Waals surface area (Å²) in [6.45, 7) is 1.91. The Morgan fingerprint density at radius 1 is 1.10 bits per heavy atom. The highest BCUT2D eigenvalue weighted by Crippen LogP contribution is 2.35. The number of nitrogens with one attached hydrogen (secondary N) is 1. The zero-order valence-corrected chi connectivity index (χ0v) is 11.6. The molecule has 3 nitrogen and oxygen atoms in total. The summed E-state index contributed by atoms with van der Waals surface area (Å²) in [6, 6.07) is 14.8. The van der Waals surface area contributed by atoms with Gasteiger partial charge in [-0.2, -0.15) is 0 Å². The summed E-state index contributed by atoms with van der Waals surface area (Å²) in [4.78, 5) is 4.52. The molecule has 100 valence electrons. The highest BCUT2D eigenvalue weighted by Gasteiger charge is 2.11. The molecule has 0 saturated heterocycles. The number of hydrogen-bond donors (Lipinski definition) is 2. The molecule has 0 bridgehead atoms. The molecular weight excluding hydrogens is 272 g/mol. The lowest BCUT2D eigenvalue weighted by Crippen LogP contribution is -1.97. The fraction of sp³-hybridized carbons (Fsp3) is 0.0625. The van der Waals surface area contributed by atoms with E-state index in [4.69, 9.17) is 11.6 Å². The Morgan fingerprint density at radius 3 is 2.60 bits per heavy atom. The minimum Gasteiger partial charge on any atom is -0.508 e. The molecule has 3 aromatic rings. The lowest BCUT2D eigenvalue weighted by molar-refractivity contribution is 0.476. The average Bonchev–Trinajstić information content (AvgIpc) is 2.46. The third kappa shape index (κ3) is 2.28. The lowest BCUT2D eigenvalue weighted by Gasteiger charge is -2.13. The SMILES string of the molecule is Cc1nc2ccc(O)cc2c(Cl)c1Nc1ccccc1. The van der Waals surface area contributed by atoms with Gasteiger partial charge in [-0.25, -0.2) is 0 Å². The van der Waals surface area contributed by atoms with Crippen LogP contribution in [0.2, 0.25) is 5.02 Å². The summed E-state index contributed by atoms with van der Waals surface area (Å²) in [5.74, 6) is 0.177. The maximum absolute atomic E-state index is 9.60. The van der Waals surface area contributed by atoms with E-state index in [1.807, 2.05) is 37.3 Å². The van der Waals surface area contributed by atoms with Crippen LogP contribution in [-0.4, -0.2) is 10.1 Å². The van der Waals surface area contributed by atoms with E-state index in [0.717, 1.165) is 28.0 Å². The third-order valence-electron chi connectivity index (χ3n) is 3.13. The molecule has 0 aliphatic rings. The van der Waals surface area contributed by atoms with Crippen LogP contribution in [0, 0.1) is 6.92 Å².